The van der Waals surface area contributed by atoms with Crippen molar-refractivity contribution in [1.82, 2.24) is 13.7 Å². The predicted molar refractivity (Wildman–Crippen MR) is 95.8 cm³/mol. The highest BCUT2D eigenvalue weighted by Gasteiger charge is 2.19. The van der Waals surface area contributed by atoms with Crippen molar-refractivity contribution in [2.24, 2.45) is 28.2 Å². The van der Waals surface area contributed by atoms with Gasteiger partial charge in [-0.2, -0.15) is 0 Å². The Bertz CT molecular complexity index is 1030. The summed E-state index contributed by atoms with van der Waals surface area (Å²) < 4.78 is 9.15. The molecule has 0 bridgehead atoms. The SMILES string of the molecule is Cn1c(P=c2n(C)c3ccccc3n2C)[n+](C)c2ccccc21. The molecule has 4 nitrogen and oxygen atoms in total. The topological polar surface area (TPSA) is 18.7 Å². The minimum atomic E-state index is 1.19. The Morgan fingerprint density at radius 3 is 1.83 bits per heavy atom. The van der Waals surface area contributed by atoms with Crippen molar-refractivity contribution in [2.45, 2.75) is 0 Å². The molecule has 0 N–H and O–H groups in total. The Morgan fingerprint density at radius 1 is 0.739 bits per heavy atom. The molecule has 2 aromatic heterocycles. The summed E-state index contributed by atoms with van der Waals surface area (Å²) in [5, 5.41) is 1.27. The molecule has 5 heteroatoms. The van der Waals surface area contributed by atoms with Gasteiger partial charge in [0.2, 0.25) is 0 Å². The van der Waals surface area contributed by atoms with Crippen molar-refractivity contribution in [3.05, 3.63) is 53.7 Å². The molecule has 0 aliphatic rings. The van der Waals surface area contributed by atoms with Gasteiger partial charge in [-0.15, -0.1) is 0 Å². The molecule has 4 rings (SSSR count). The lowest BCUT2D eigenvalue weighted by atomic mass is 10.3. The molecule has 23 heavy (non-hydrogen) atoms. The number of imidazole rings is 2. The van der Waals surface area contributed by atoms with E-state index in [1.165, 1.54) is 41.0 Å². The first-order valence-electron chi connectivity index (χ1n) is 7.68. The quantitative estimate of drug-likeness (QED) is 0.379. The number of nitrogens with zero attached hydrogens (tertiary/aromatic N) is 4. The summed E-state index contributed by atoms with van der Waals surface area (Å²) in [5.74, 6) is 0. The third-order valence-corrected chi connectivity index (χ3v) is 6.21. The fourth-order valence-corrected chi connectivity index (χ4v) is 4.54. The summed E-state index contributed by atoms with van der Waals surface area (Å²) in [4.78, 5) is 0. The van der Waals surface area contributed by atoms with Gasteiger partial charge in [0.05, 0.1) is 33.3 Å². The zero-order chi connectivity index (χ0) is 16.1. The molecule has 0 saturated heterocycles. The lowest BCUT2D eigenvalue weighted by molar-refractivity contribution is -0.626. The van der Waals surface area contributed by atoms with Crippen molar-refractivity contribution in [3.63, 3.8) is 0 Å². The highest BCUT2D eigenvalue weighted by molar-refractivity contribution is 7.37. The Balaban J connectivity index is 2.10. The first-order chi connectivity index (χ1) is 11.1. The van der Waals surface area contributed by atoms with Crippen molar-refractivity contribution >= 4 is 35.8 Å². The number of aromatic nitrogens is 4. The molecule has 4 aromatic rings. The van der Waals surface area contributed by atoms with Crippen molar-refractivity contribution in [3.8, 4) is 0 Å². The zero-order valence-corrected chi connectivity index (χ0v) is 14.7. The van der Waals surface area contributed by atoms with Crippen LogP contribution in [0.4, 0.5) is 0 Å². The van der Waals surface area contributed by atoms with Crippen LogP contribution in [0.15, 0.2) is 48.5 Å². The summed E-state index contributed by atoms with van der Waals surface area (Å²) in [7, 11) is 9.78. The molecule has 0 radical (unpaired) electrons. The molecule has 0 saturated carbocycles. The van der Waals surface area contributed by atoms with E-state index in [4.69, 9.17) is 0 Å². The van der Waals surface area contributed by atoms with Gasteiger partial charge in [-0.3, -0.25) is 0 Å². The maximum absolute atomic E-state index is 2.29. The molecular formula is C18H20N4P+. The number of hydrogen-bond acceptors (Lipinski definition) is 0. The number of para-hydroxylation sites is 4. The summed E-state index contributed by atoms with van der Waals surface area (Å²) in [5.41, 5.74) is 6.32. The van der Waals surface area contributed by atoms with E-state index in [0.29, 0.717) is 0 Å². The van der Waals surface area contributed by atoms with Gasteiger partial charge < -0.3 is 9.13 Å². The zero-order valence-electron chi connectivity index (χ0n) is 13.9. The first-order valence-corrected chi connectivity index (χ1v) is 8.57. The molecular weight excluding hydrogens is 303 g/mol. The van der Waals surface area contributed by atoms with Crippen molar-refractivity contribution < 1.29 is 4.57 Å². The molecule has 0 aliphatic carbocycles. The highest BCUT2D eigenvalue weighted by atomic mass is 31.1. The minimum absolute atomic E-state index is 1.19. The highest BCUT2D eigenvalue weighted by Crippen LogP contribution is 2.19. The Morgan fingerprint density at radius 2 is 1.26 bits per heavy atom. The molecule has 2 aromatic carbocycles. The van der Waals surface area contributed by atoms with Gasteiger partial charge in [0.25, 0.3) is 0 Å². The molecule has 0 spiro atoms. The number of benzene rings is 2. The van der Waals surface area contributed by atoms with Crippen LogP contribution in [0.1, 0.15) is 0 Å². The van der Waals surface area contributed by atoms with Gasteiger partial charge >= 0.3 is 5.57 Å². The third-order valence-electron chi connectivity index (χ3n) is 4.61. The summed E-state index contributed by atoms with van der Waals surface area (Å²) in [6.45, 7) is 0. The van der Waals surface area contributed by atoms with Gasteiger partial charge in [0, 0.05) is 14.1 Å². The second-order valence-electron chi connectivity index (χ2n) is 5.93. The lowest BCUT2D eigenvalue weighted by Gasteiger charge is -1.96. The van der Waals surface area contributed by atoms with E-state index in [9.17, 15) is 0 Å². The maximum Gasteiger partial charge on any atom is 0.310 e. The molecule has 0 atom stereocenters. The molecule has 0 unspecified atom stereocenters. The van der Waals surface area contributed by atoms with Crippen LogP contribution in [0.3, 0.4) is 0 Å². The van der Waals surface area contributed by atoms with E-state index < -0.39 is 0 Å². The van der Waals surface area contributed by atoms with E-state index >= 15 is 0 Å². The maximum atomic E-state index is 2.29. The standard InChI is InChI=1S/C18H20N4P/c1-19-13-9-5-6-10-14(13)20(2)17(19)23-18-21(3)15-11-7-8-12-16(15)22(18)4/h5-12H,1-4H3/q+1. The lowest BCUT2D eigenvalue weighted by Crippen LogP contribution is -2.42. The number of rotatable bonds is 1. The van der Waals surface area contributed by atoms with Crippen LogP contribution in [0.25, 0.3) is 22.1 Å². The van der Waals surface area contributed by atoms with Crippen LogP contribution in [-0.2, 0) is 28.2 Å². The molecule has 2 heterocycles. The van der Waals surface area contributed by atoms with Crippen LogP contribution in [0.2, 0.25) is 0 Å². The minimum Gasteiger partial charge on any atom is -0.325 e. The number of hydrogen-bond donors (Lipinski definition) is 0. The van der Waals surface area contributed by atoms with Crippen molar-refractivity contribution in [2.75, 3.05) is 0 Å². The van der Waals surface area contributed by atoms with Crippen LogP contribution in [-0.4, -0.2) is 13.7 Å². The van der Waals surface area contributed by atoms with E-state index in [0.717, 1.165) is 0 Å². The Labute approximate surface area is 136 Å². The smallest absolute Gasteiger partial charge is 0.310 e. The molecule has 0 aliphatic heterocycles. The second-order valence-corrected chi connectivity index (χ2v) is 6.95. The van der Waals surface area contributed by atoms with Gasteiger partial charge in [-0.25, -0.2) is 9.13 Å². The Hall–Kier alpha value is -2.32. The number of aryl methyl sites for hydroxylation is 4. The fourth-order valence-electron chi connectivity index (χ4n) is 3.33. The van der Waals surface area contributed by atoms with Crippen LogP contribution < -0.4 is 10.1 Å². The van der Waals surface area contributed by atoms with E-state index in [1.807, 2.05) is 0 Å². The monoisotopic (exact) mass is 323 g/mol. The molecule has 0 fully saturated rings. The third kappa shape index (κ3) is 1.98. The predicted octanol–water partition coefficient (Wildman–Crippen LogP) is 2.64. The van der Waals surface area contributed by atoms with Crippen molar-refractivity contribution in [1.29, 1.82) is 0 Å². The van der Waals surface area contributed by atoms with Gasteiger partial charge in [0.1, 0.15) is 5.20 Å². The van der Waals surface area contributed by atoms with Crippen LogP contribution >= 0.6 is 8.20 Å². The summed E-state index contributed by atoms with van der Waals surface area (Å²) in [6, 6.07) is 17.1. The van der Waals surface area contributed by atoms with Gasteiger partial charge in [-0.05, 0) is 24.3 Å². The normalized spacial score (nSPS) is 11.8. The summed E-state index contributed by atoms with van der Waals surface area (Å²) >= 11 is 0. The summed E-state index contributed by atoms with van der Waals surface area (Å²) in [6.07, 6.45) is 0. The van der Waals surface area contributed by atoms with Crippen LogP contribution in [0, 0.1) is 5.20 Å². The number of fused-ring (bicyclic) bond motifs is 2. The average Bonchev–Trinajstić information content (AvgIpc) is 2.97. The largest absolute Gasteiger partial charge is 0.325 e. The van der Waals surface area contributed by atoms with Crippen LogP contribution in [0.5, 0.6) is 0 Å². The van der Waals surface area contributed by atoms with Gasteiger partial charge in [0.15, 0.2) is 11.0 Å². The van der Waals surface area contributed by atoms with Gasteiger partial charge in [-0.1, -0.05) is 24.3 Å². The van der Waals surface area contributed by atoms with E-state index in [2.05, 4.69) is 95.0 Å². The molecule has 116 valence electrons. The first kappa shape index (κ1) is 14.3. The fraction of sp³-hybridized carbons (Fsp3) is 0.222. The van der Waals surface area contributed by atoms with E-state index in [1.54, 1.807) is 0 Å². The average molecular weight is 323 g/mol. The Kier molecular flexibility index (Phi) is 3.17. The molecule has 0 amide bonds. The second kappa shape index (κ2) is 5.10. The van der Waals surface area contributed by atoms with E-state index in [-0.39, 0.29) is 0 Å².